The quantitative estimate of drug-likeness (QED) is 0.733. The van der Waals surface area contributed by atoms with Gasteiger partial charge in [0.15, 0.2) is 5.76 Å². The van der Waals surface area contributed by atoms with Crippen molar-refractivity contribution < 1.29 is 9.32 Å². The molecule has 2 atom stereocenters. The number of piperidine rings is 1. The van der Waals surface area contributed by atoms with Crippen LogP contribution in [0.4, 0.5) is 0 Å². The van der Waals surface area contributed by atoms with Gasteiger partial charge in [-0.3, -0.25) is 4.79 Å². The van der Waals surface area contributed by atoms with E-state index in [1.54, 1.807) is 0 Å². The Balaban J connectivity index is 1.27. The average Bonchev–Trinajstić information content (AvgIpc) is 3.35. The number of rotatable bonds is 4. The molecule has 3 fully saturated rings. The van der Waals surface area contributed by atoms with Gasteiger partial charge >= 0.3 is 0 Å². The number of aryl methyl sites for hydroxylation is 1. The molecule has 2 aromatic rings. The van der Waals surface area contributed by atoms with E-state index in [-0.39, 0.29) is 5.92 Å². The second-order valence-corrected chi connectivity index (χ2v) is 9.75. The maximum atomic E-state index is 13.0. The topological polar surface area (TPSA) is 72.1 Å². The third-order valence-corrected chi connectivity index (χ3v) is 7.39. The van der Waals surface area contributed by atoms with Gasteiger partial charge in [0.2, 0.25) is 5.91 Å². The Kier molecular flexibility index (Phi) is 5.11. The van der Waals surface area contributed by atoms with Crippen molar-refractivity contribution in [2.24, 2.45) is 17.8 Å². The molecular formula is C24H32N4O2. The predicted molar refractivity (Wildman–Crippen MR) is 114 cm³/mol. The average molecular weight is 409 g/mol. The van der Waals surface area contributed by atoms with E-state index in [1.165, 1.54) is 25.7 Å². The summed E-state index contributed by atoms with van der Waals surface area (Å²) in [6, 6.07) is 1.93. The lowest BCUT2D eigenvalue weighted by molar-refractivity contribution is -0.134. The molecule has 2 aliphatic carbocycles. The van der Waals surface area contributed by atoms with Crippen LogP contribution in [0.5, 0.6) is 0 Å². The molecule has 3 aliphatic rings. The van der Waals surface area contributed by atoms with E-state index < -0.39 is 0 Å². The lowest BCUT2D eigenvalue weighted by atomic mass is 9.94. The van der Waals surface area contributed by atoms with E-state index in [2.05, 4.69) is 23.9 Å². The lowest BCUT2D eigenvalue weighted by Gasteiger charge is -2.32. The summed E-state index contributed by atoms with van der Waals surface area (Å²) in [5, 5.41) is 4.01. The molecule has 2 saturated carbocycles. The van der Waals surface area contributed by atoms with Crippen molar-refractivity contribution in [2.75, 3.05) is 13.1 Å². The number of likely N-dealkylation sites (tertiary alicyclic amines) is 1. The molecule has 30 heavy (non-hydrogen) atoms. The molecule has 0 aromatic carbocycles. The van der Waals surface area contributed by atoms with Gasteiger partial charge in [0.05, 0.1) is 17.0 Å². The number of hydrogen-bond acceptors (Lipinski definition) is 5. The summed E-state index contributed by atoms with van der Waals surface area (Å²) < 4.78 is 5.46. The monoisotopic (exact) mass is 408 g/mol. The van der Waals surface area contributed by atoms with Crippen LogP contribution in [-0.2, 0) is 4.79 Å². The fraction of sp³-hybridized carbons (Fsp3) is 0.667. The zero-order valence-electron chi connectivity index (χ0n) is 18.3. The predicted octanol–water partition coefficient (Wildman–Crippen LogP) is 4.71. The fourth-order valence-corrected chi connectivity index (χ4v) is 5.65. The van der Waals surface area contributed by atoms with Crippen LogP contribution in [0.2, 0.25) is 0 Å². The van der Waals surface area contributed by atoms with Crippen LogP contribution in [0.15, 0.2) is 16.8 Å². The van der Waals surface area contributed by atoms with E-state index in [9.17, 15) is 4.79 Å². The third kappa shape index (κ3) is 3.54. The van der Waals surface area contributed by atoms with Crippen LogP contribution in [0.3, 0.4) is 0 Å². The largest absolute Gasteiger partial charge is 0.356 e. The highest BCUT2D eigenvalue weighted by Gasteiger charge is 2.55. The zero-order chi connectivity index (χ0) is 20.8. The molecule has 6 nitrogen and oxygen atoms in total. The minimum atomic E-state index is 0.270. The van der Waals surface area contributed by atoms with Crippen molar-refractivity contribution in [1.29, 1.82) is 0 Å². The summed E-state index contributed by atoms with van der Waals surface area (Å²) in [5.41, 5.74) is 2.80. The lowest BCUT2D eigenvalue weighted by Crippen LogP contribution is -2.39. The van der Waals surface area contributed by atoms with Gasteiger partial charge in [-0.25, -0.2) is 9.97 Å². The van der Waals surface area contributed by atoms with E-state index in [1.807, 2.05) is 19.2 Å². The molecule has 0 N–H and O–H groups in total. The van der Waals surface area contributed by atoms with E-state index in [0.29, 0.717) is 29.6 Å². The first-order valence-electron chi connectivity index (χ1n) is 11.6. The second kappa shape index (κ2) is 7.78. The number of hydrogen-bond donors (Lipinski definition) is 0. The van der Waals surface area contributed by atoms with E-state index >= 15 is 0 Å². The molecule has 0 bridgehead atoms. The second-order valence-electron chi connectivity index (χ2n) is 9.75. The van der Waals surface area contributed by atoms with Gasteiger partial charge in [-0.1, -0.05) is 31.8 Å². The van der Waals surface area contributed by atoms with Crippen LogP contribution in [0, 0.1) is 24.7 Å². The summed E-state index contributed by atoms with van der Waals surface area (Å²) in [6.45, 7) is 7.89. The Morgan fingerprint density at radius 2 is 1.83 bits per heavy atom. The van der Waals surface area contributed by atoms with Crippen molar-refractivity contribution in [3.63, 3.8) is 0 Å². The van der Waals surface area contributed by atoms with Crippen molar-refractivity contribution >= 4 is 5.91 Å². The van der Waals surface area contributed by atoms with Gasteiger partial charge in [-0.15, -0.1) is 0 Å². The first-order chi connectivity index (χ1) is 14.5. The van der Waals surface area contributed by atoms with Gasteiger partial charge in [0.1, 0.15) is 5.82 Å². The van der Waals surface area contributed by atoms with Crippen molar-refractivity contribution in [2.45, 2.75) is 71.1 Å². The first-order valence-corrected chi connectivity index (χ1v) is 11.6. The minimum Gasteiger partial charge on any atom is -0.356 e. The molecule has 6 heteroatoms. The Morgan fingerprint density at radius 1 is 1.13 bits per heavy atom. The molecule has 2 aromatic heterocycles. The number of fused-ring (bicyclic) bond motifs is 1. The maximum absolute atomic E-state index is 13.0. The SMILES string of the molecule is Cc1cc(-c2cnc(C3CCN(C(=O)C4[C@@H]5CCCC[C@@H]45)CC3)nc2C(C)C)on1. The standard InChI is InChI=1S/C24H32N4O2/c1-14(2)22-19(20-12-15(3)27-30-20)13-25-23(26-22)16-8-10-28(11-9-16)24(29)21-17-6-4-5-7-18(17)21/h12-14,16-18,21H,4-11H2,1-3H3/t17-,18-/m1/s1. The highest BCUT2D eigenvalue weighted by atomic mass is 16.5. The molecule has 0 spiro atoms. The Bertz CT molecular complexity index is 917. The summed E-state index contributed by atoms with van der Waals surface area (Å²) in [6.07, 6.45) is 8.95. The summed E-state index contributed by atoms with van der Waals surface area (Å²) >= 11 is 0. The van der Waals surface area contributed by atoms with Crippen LogP contribution in [-0.4, -0.2) is 39.0 Å². The van der Waals surface area contributed by atoms with E-state index in [4.69, 9.17) is 14.5 Å². The van der Waals surface area contributed by atoms with Crippen LogP contribution >= 0.6 is 0 Å². The van der Waals surface area contributed by atoms with Crippen molar-refractivity contribution in [3.8, 4) is 11.3 Å². The number of aromatic nitrogens is 3. The fourth-order valence-electron chi connectivity index (χ4n) is 5.65. The molecule has 1 saturated heterocycles. The smallest absolute Gasteiger partial charge is 0.226 e. The minimum absolute atomic E-state index is 0.270. The van der Waals surface area contributed by atoms with Crippen LogP contribution < -0.4 is 0 Å². The Hall–Kier alpha value is -2.24. The van der Waals surface area contributed by atoms with Gasteiger partial charge in [0, 0.05) is 37.2 Å². The summed E-state index contributed by atoms with van der Waals surface area (Å²) in [5.74, 6) is 4.36. The Morgan fingerprint density at radius 3 is 2.43 bits per heavy atom. The number of amides is 1. The van der Waals surface area contributed by atoms with Crippen LogP contribution in [0.25, 0.3) is 11.3 Å². The normalized spacial score (nSPS) is 26.7. The van der Waals surface area contributed by atoms with Gasteiger partial charge in [0.25, 0.3) is 0 Å². The summed E-state index contributed by atoms with van der Waals surface area (Å²) in [4.78, 5) is 24.8. The highest BCUT2D eigenvalue weighted by molar-refractivity contribution is 5.82. The number of nitrogens with zero attached hydrogens (tertiary/aromatic N) is 4. The number of carbonyl (C=O) groups excluding carboxylic acids is 1. The molecule has 1 amide bonds. The van der Waals surface area contributed by atoms with Gasteiger partial charge in [-0.2, -0.15) is 0 Å². The Labute approximate surface area is 178 Å². The molecule has 0 radical (unpaired) electrons. The molecular weight excluding hydrogens is 376 g/mol. The molecule has 5 rings (SSSR count). The molecule has 1 aliphatic heterocycles. The van der Waals surface area contributed by atoms with E-state index in [0.717, 1.165) is 54.5 Å². The first kappa shape index (κ1) is 19.7. The number of carbonyl (C=O) groups is 1. The van der Waals surface area contributed by atoms with Crippen molar-refractivity contribution in [3.05, 3.63) is 29.5 Å². The summed E-state index contributed by atoms with van der Waals surface area (Å²) in [7, 11) is 0. The highest BCUT2D eigenvalue weighted by Crippen LogP contribution is 2.56. The van der Waals surface area contributed by atoms with Crippen LogP contribution in [0.1, 0.15) is 81.4 Å². The molecule has 0 unspecified atom stereocenters. The van der Waals surface area contributed by atoms with Crippen molar-refractivity contribution in [1.82, 2.24) is 20.0 Å². The third-order valence-electron chi connectivity index (χ3n) is 7.39. The molecule has 3 heterocycles. The molecule has 160 valence electrons. The van der Waals surface area contributed by atoms with Gasteiger partial charge < -0.3 is 9.42 Å². The zero-order valence-corrected chi connectivity index (χ0v) is 18.3. The maximum Gasteiger partial charge on any atom is 0.226 e. The van der Waals surface area contributed by atoms with Gasteiger partial charge in [-0.05, 0) is 50.4 Å².